The van der Waals surface area contributed by atoms with E-state index >= 15 is 0 Å². The van der Waals surface area contributed by atoms with Crippen molar-refractivity contribution in [2.45, 2.75) is 40.2 Å². The lowest BCUT2D eigenvalue weighted by Crippen LogP contribution is -2.36. The van der Waals surface area contributed by atoms with Gasteiger partial charge in [0.15, 0.2) is 0 Å². The van der Waals surface area contributed by atoms with E-state index in [2.05, 4.69) is 16.8 Å². The van der Waals surface area contributed by atoms with Crippen molar-refractivity contribution in [1.29, 1.82) is 0 Å². The maximum absolute atomic E-state index is 12.0. The fourth-order valence-electron chi connectivity index (χ4n) is 1.96. The molecule has 0 unspecified atom stereocenters. The number of aromatic amines is 1. The van der Waals surface area contributed by atoms with E-state index in [0.717, 1.165) is 0 Å². The Morgan fingerprint density at radius 3 is 2.53 bits per heavy atom. The first-order valence-corrected chi connectivity index (χ1v) is 6.23. The zero-order valence-corrected chi connectivity index (χ0v) is 11.8. The molecule has 1 heterocycles. The van der Waals surface area contributed by atoms with Gasteiger partial charge < -0.3 is 0 Å². The molecule has 0 spiro atoms. The Balaban J connectivity index is 3.78. The van der Waals surface area contributed by atoms with Crippen LogP contribution in [0.2, 0.25) is 0 Å². The monoisotopic (exact) mass is 264 g/mol. The second kappa shape index (κ2) is 6.17. The summed E-state index contributed by atoms with van der Waals surface area (Å²) in [6, 6.07) is 0. The van der Waals surface area contributed by atoms with Crippen LogP contribution in [-0.4, -0.2) is 16.3 Å². The number of hydrazone groups is 1. The van der Waals surface area contributed by atoms with E-state index in [4.69, 9.17) is 0 Å². The fourth-order valence-corrected chi connectivity index (χ4v) is 1.96. The zero-order valence-electron chi connectivity index (χ0n) is 11.8. The fraction of sp³-hybridized carbons (Fsp3) is 0.462. The molecule has 1 aromatic heterocycles. The average molecular weight is 264 g/mol. The first kappa shape index (κ1) is 14.9. The van der Waals surface area contributed by atoms with Crippen LogP contribution >= 0.6 is 0 Å². The van der Waals surface area contributed by atoms with E-state index in [0.29, 0.717) is 17.9 Å². The second-order valence-corrected chi connectivity index (χ2v) is 4.36. The largest absolute Gasteiger partial charge is 0.329 e. The average Bonchev–Trinajstić information content (AvgIpc) is 2.34. The van der Waals surface area contributed by atoms with E-state index in [1.54, 1.807) is 12.3 Å². The summed E-state index contributed by atoms with van der Waals surface area (Å²) in [5, 5.41) is 5.32. The summed E-state index contributed by atoms with van der Waals surface area (Å²) in [6.07, 6.45) is 3.43. The molecule has 19 heavy (non-hydrogen) atoms. The minimum Gasteiger partial charge on any atom is -0.278 e. The molecule has 1 aromatic rings. The number of allylic oxidation sites excluding steroid dienone is 1. The van der Waals surface area contributed by atoms with E-state index in [1.165, 1.54) is 9.58 Å². The molecule has 0 bridgehead atoms. The highest BCUT2D eigenvalue weighted by molar-refractivity contribution is 5.52. The third kappa shape index (κ3) is 2.83. The molecule has 1 N–H and O–H groups in total. The number of nitrogens with zero attached hydrogens (tertiary/aromatic N) is 3. The number of nitrogens with one attached hydrogen (secondary N) is 1. The summed E-state index contributed by atoms with van der Waals surface area (Å²) >= 11 is 0. The molecule has 0 saturated carbocycles. The van der Waals surface area contributed by atoms with Crippen molar-refractivity contribution in [2.24, 2.45) is 5.10 Å². The third-order valence-corrected chi connectivity index (χ3v) is 2.76. The molecule has 6 nitrogen and oxygen atoms in total. The maximum Gasteiger partial charge on any atom is 0.329 e. The van der Waals surface area contributed by atoms with Crippen LogP contribution in [0.4, 0.5) is 5.82 Å². The molecule has 1 rings (SSSR count). The summed E-state index contributed by atoms with van der Waals surface area (Å²) in [7, 11) is 0. The minimum atomic E-state index is -0.440. The molecule has 0 atom stereocenters. The van der Waals surface area contributed by atoms with Crippen molar-refractivity contribution in [3.8, 4) is 0 Å². The van der Waals surface area contributed by atoms with Gasteiger partial charge in [-0.25, -0.2) is 9.80 Å². The number of rotatable bonds is 5. The van der Waals surface area contributed by atoms with Crippen molar-refractivity contribution in [3.63, 3.8) is 0 Å². The lowest BCUT2D eigenvalue weighted by Gasteiger charge is -2.22. The Morgan fingerprint density at radius 1 is 1.47 bits per heavy atom. The summed E-state index contributed by atoms with van der Waals surface area (Å²) in [5.74, 6) is 0.436. The van der Waals surface area contributed by atoms with Crippen LogP contribution in [0.15, 0.2) is 27.0 Å². The van der Waals surface area contributed by atoms with E-state index in [1.807, 2.05) is 27.7 Å². The second-order valence-electron chi connectivity index (χ2n) is 4.36. The zero-order chi connectivity index (χ0) is 14.6. The van der Waals surface area contributed by atoms with Crippen LogP contribution in [0.5, 0.6) is 0 Å². The van der Waals surface area contributed by atoms with Gasteiger partial charge in [0.2, 0.25) is 0 Å². The number of H-pyrrole nitrogens is 1. The first-order chi connectivity index (χ1) is 8.97. The van der Waals surface area contributed by atoms with Gasteiger partial charge >= 0.3 is 5.69 Å². The molecule has 0 saturated heterocycles. The first-order valence-electron chi connectivity index (χ1n) is 6.23. The predicted octanol–water partition coefficient (Wildman–Crippen LogP) is 1.64. The number of anilines is 1. The van der Waals surface area contributed by atoms with Crippen LogP contribution < -0.4 is 16.3 Å². The van der Waals surface area contributed by atoms with Crippen LogP contribution in [-0.2, 0) is 6.54 Å². The van der Waals surface area contributed by atoms with Crippen molar-refractivity contribution in [2.75, 3.05) is 5.01 Å². The molecule has 0 aliphatic heterocycles. The molecular weight excluding hydrogens is 244 g/mol. The van der Waals surface area contributed by atoms with Crippen LogP contribution in [0.25, 0.3) is 0 Å². The summed E-state index contributed by atoms with van der Waals surface area (Å²) in [6.45, 7) is 11.4. The van der Waals surface area contributed by atoms with Crippen molar-refractivity contribution < 1.29 is 0 Å². The SMILES string of the molecule is C=NN(/C=C\C)c1c(C(C)C)c(=O)[nH]c(=O)n1CC. The smallest absolute Gasteiger partial charge is 0.278 e. The minimum absolute atomic E-state index is 0.0355. The van der Waals surface area contributed by atoms with Gasteiger partial charge in [-0.2, -0.15) is 5.10 Å². The quantitative estimate of drug-likeness (QED) is 0.649. The summed E-state index contributed by atoms with van der Waals surface area (Å²) in [4.78, 5) is 26.2. The molecule has 0 radical (unpaired) electrons. The van der Waals surface area contributed by atoms with Gasteiger partial charge in [-0.05, 0) is 19.8 Å². The Bertz CT molecular complexity index is 596. The molecule has 104 valence electrons. The Kier molecular flexibility index (Phi) is 4.86. The van der Waals surface area contributed by atoms with E-state index in [9.17, 15) is 9.59 Å². The van der Waals surface area contributed by atoms with Crippen LogP contribution in [0.3, 0.4) is 0 Å². The molecule has 6 heteroatoms. The van der Waals surface area contributed by atoms with E-state index in [-0.39, 0.29) is 11.5 Å². The van der Waals surface area contributed by atoms with Gasteiger partial charge in [0.25, 0.3) is 5.56 Å². The molecule has 0 amide bonds. The van der Waals surface area contributed by atoms with E-state index < -0.39 is 5.69 Å². The van der Waals surface area contributed by atoms with Gasteiger partial charge in [-0.15, -0.1) is 0 Å². The Morgan fingerprint density at radius 2 is 2.11 bits per heavy atom. The lowest BCUT2D eigenvalue weighted by molar-refractivity contribution is 0.661. The van der Waals surface area contributed by atoms with Crippen molar-refractivity contribution >= 4 is 12.5 Å². The molecule has 0 aliphatic rings. The van der Waals surface area contributed by atoms with Gasteiger partial charge in [0.05, 0.1) is 5.56 Å². The highest BCUT2D eigenvalue weighted by Crippen LogP contribution is 2.23. The van der Waals surface area contributed by atoms with Crippen LogP contribution in [0, 0.1) is 0 Å². The number of aromatic nitrogens is 2. The standard InChI is InChI=1S/C13H20N4O2/c1-6-8-17(14-5)12-10(9(3)4)11(18)15-13(19)16(12)7-2/h6,8-9H,5,7H2,1-4H3,(H,15,18,19)/b8-6-. The van der Waals surface area contributed by atoms with Gasteiger partial charge in [0, 0.05) is 19.5 Å². The third-order valence-electron chi connectivity index (χ3n) is 2.76. The highest BCUT2D eigenvalue weighted by Gasteiger charge is 2.20. The molecule has 0 fully saturated rings. The Labute approximate surface area is 112 Å². The summed E-state index contributed by atoms with van der Waals surface area (Å²) in [5.41, 5.74) is -0.296. The normalized spacial score (nSPS) is 11.2. The molecule has 0 aromatic carbocycles. The Hall–Kier alpha value is -2.11. The number of hydrogen-bond donors (Lipinski definition) is 1. The highest BCUT2D eigenvalue weighted by atomic mass is 16.2. The van der Waals surface area contributed by atoms with Gasteiger partial charge in [-0.1, -0.05) is 19.9 Å². The molecule has 0 aliphatic carbocycles. The van der Waals surface area contributed by atoms with Gasteiger partial charge in [0.1, 0.15) is 5.82 Å². The van der Waals surface area contributed by atoms with Crippen molar-refractivity contribution in [3.05, 3.63) is 38.7 Å². The lowest BCUT2D eigenvalue weighted by atomic mass is 10.1. The number of hydrogen-bond acceptors (Lipinski definition) is 4. The maximum atomic E-state index is 12.0. The van der Waals surface area contributed by atoms with Crippen molar-refractivity contribution in [1.82, 2.24) is 9.55 Å². The summed E-state index contributed by atoms with van der Waals surface area (Å²) < 4.78 is 1.48. The van der Waals surface area contributed by atoms with Gasteiger partial charge in [-0.3, -0.25) is 14.3 Å². The topological polar surface area (TPSA) is 70.5 Å². The van der Waals surface area contributed by atoms with Crippen LogP contribution in [0.1, 0.15) is 39.2 Å². The predicted molar refractivity (Wildman–Crippen MR) is 77.9 cm³/mol. The molecular formula is C13H20N4O2.